The van der Waals surface area contributed by atoms with Crippen LogP contribution >= 0.6 is 0 Å². The third kappa shape index (κ3) is 4.85. The number of fused-ring (bicyclic) bond motifs is 1. The molecule has 0 saturated heterocycles. The number of rotatable bonds is 9. The van der Waals surface area contributed by atoms with Crippen molar-refractivity contribution in [2.45, 2.75) is 45.8 Å². The first-order valence-corrected chi connectivity index (χ1v) is 10.0. The van der Waals surface area contributed by atoms with Gasteiger partial charge in [0.1, 0.15) is 11.5 Å². The van der Waals surface area contributed by atoms with Gasteiger partial charge in [0.25, 0.3) is 0 Å². The first kappa shape index (κ1) is 20.2. The van der Waals surface area contributed by atoms with Crippen molar-refractivity contribution < 1.29 is 14.2 Å². The third-order valence-electron chi connectivity index (χ3n) is 5.25. The normalized spacial score (nSPS) is 13.3. The fraction of sp³-hybridized carbons (Fsp3) is 0.360. The molecule has 0 aliphatic rings. The van der Waals surface area contributed by atoms with E-state index in [0.29, 0.717) is 12.5 Å². The lowest BCUT2D eigenvalue weighted by Gasteiger charge is -2.19. The van der Waals surface area contributed by atoms with Crippen LogP contribution in [0.15, 0.2) is 60.7 Å². The maximum Gasteiger partial charge on any atom is 0.197 e. The van der Waals surface area contributed by atoms with E-state index in [2.05, 4.69) is 56.3 Å². The summed E-state index contributed by atoms with van der Waals surface area (Å²) in [6.45, 7) is 7.05. The predicted octanol–water partition coefficient (Wildman–Crippen LogP) is 6.35. The Morgan fingerprint density at radius 2 is 1.57 bits per heavy atom. The summed E-state index contributed by atoms with van der Waals surface area (Å²) in [5.74, 6) is 2.27. The summed E-state index contributed by atoms with van der Waals surface area (Å²) in [6.07, 6.45) is 1.65. The molecule has 28 heavy (non-hydrogen) atoms. The van der Waals surface area contributed by atoms with Crippen LogP contribution in [0.25, 0.3) is 10.8 Å². The van der Waals surface area contributed by atoms with Gasteiger partial charge in [-0.25, -0.2) is 0 Å². The van der Waals surface area contributed by atoms with Gasteiger partial charge >= 0.3 is 0 Å². The zero-order chi connectivity index (χ0) is 19.9. The summed E-state index contributed by atoms with van der Waals surface area (Å²) in [6, 6.07) is 20.8. The van der Waals surface area contributed by atoms with Gasteiger partial charge in [-0.15, -0.1) is 0 Å². The van der Waals surface area contributed by atoms with E-state index in [9.17, 15) is 0 Å². The van der Waals surface area contributed by atoms with Crippen molar-refractivity contribution in [2.24, 2.45) is 0 Å². The molecule has 148 valence electrons. The third-order valence-corrected chi connectivity index (χ3v) is 5.25. The molecule has 0 heterocycles. The molecule has 0 bridgehead atoms. The lowest BCUT2D eigenvalue weighted by atomic mass is 9.93. The van der Waals surface area contributed by atoms with Crippen LogP contribution < -0.4 is 9.47 Å². The Labute approximate surface area is 168 Å². The number of benzene rings is 3. The molecule has 2 atom stereocenters. The average Bonchev–Trinajstić information content (AvgIpc) is 2.73. The van der Waals surface area contributed by atoms with E-state index in [-0.39, 0.29) is 6.29 Å². The Kier molecular flexibility index (Phi) is 6.94. The standard InChI is InChI=1S/C25H30O3/c1-5-18(2)22-8-6-10-24-23(22)9-7-11-25(24)28-19(3)27-17-16-20-12-14-21(26-4)15-13-20/h6-15,18-19H,5,16-17H2,1-4H3. The van der Waals surface area contributed by atoms with Gasteiger partial charge < -0.3 is 14.2 Å². The van der Waals surface area contributed by atoms with Crippen molar-refractivity contribution in [2.75, 3.05) is 13.7 Å². The van der Waals surface area contributed by atoms with Crippen molar-refractivity contribution in [1.29, 1.82) is 0 Å². The molecule has 0 aliphatic heterocycles. The lowest BCUT2D eigenvalue weighted by molar-refractivity contribution is -0.0646. The molecule has 0 radical (unpaired) electrons. The number of methoxy groups -OCH3 is 1. The molecule has 0 aliphatic carbocycles. The first-order chi connectivity index (χ1) is 13.6. The first-order valence-electron chi connectivity index (χ1n) is 10.0. The van der Waals surface area contributed by atoms with Gasteiger partial charge in [0.2, 0.25) is 0 Å². The summed E-state index contributed by atoms with van der Waals surface area (Å²) < 4.78 is 17.2. The summed E-state index contributed by atoms with van der Waals surface area (Å²) in [5.41, 5.74) is 2.59. The highest BCUT2D eigenvalue weighted by Gasteiger charge is 2.12. The molecular weight excluding hydrogens is 348 g/mol. The van der Waals surface area contributed by atoms with Crippen LogP contribution in [0.4, 0.5) is 0 Å². The fourth-order valence-corrected chi connectivity index (χ4v) is 3.41. The Morgan fingerprint density at radius 1 is 0.857 bits per heavy atom. The van der Waals surface area contributed by atoms with E-state index >= 15 is 0 Å². The molecule has 3 heteroatoms. The van der Waals surface area contributed by atoms with Crippen LogP contribution in [-0.4, -0.2) is 20.0 Å². The minimum Gasteiger partial charge on any atom is -0.497 e. The number of hydrogen-bond acceptors (Lipinski definition) is 3. The van der Waals surface area contributed by atoms with Crippen molar-refractivity contribution in [3.8, 4) is 11.5 Å². The summed E-state index contributed by atoms with van der Waals surface area (Å²) in [4.78, 5) is 0. The monoisotopic (exact) mass is 378 g/mol. The molecule has 0 fully saturated rings. The molecule has 3 nitrogen and oxygen atoms in total. The number of hydrogen-bond donors (Lipinski definition) is 0. The Balaban J connectivity index is 1.63. The highest BCUT2D eigenvalue weighted by molar-refractivity contribution is 5.91. The van der Waals surface area contributed by atoms with Gasteiger partial charge in [-0.2, -0.15) is 0 Å². The van der Waals surface area contributed by atoms with E-state index in [0.717, 1.165) is 29.7 Å². The van der Waals surface area contributed by atoms with Crippen LogP contribution in [0.1, 0.15) is 44.2 Å². The molecule has 0 N–H and O–H groups in total. The van der Waals surface area contributed by atoms with Gasteiger partial charge in [0, 0.05) is 5.39 Å². The molecule has 0 amide bonds. The van der Waals surface area contributed by atoms with E-state index in [1.807, 2.05) is 25.1 Å². The lowest BCUT2D eigenvalue weighted by Crippen LogP contribution is -2.18. The minimum atomic E-state index is -0.309. The Morgan fingerprint density at radius 3 is 2.29 bits per heavy atom. The van der Waals surface area contributed by atoms with Gasteiger partial charge in [-0.1, -0.05) is 56.3 Å². The van der Waals surface area contributed by atoms with Gasteiger partial charge in [-0.05, 0) is 60.4 Å². The molecule has 3 rings (SSSR count). The van der Waals surface area contributed by atoms with Crippen molar-refractivity contribution in [1.82, 2.24) is 0 Å². The van der Waals surface area contributed by atoms with Crippen LogP contribution in [-0.2, 0) is 11.2 Å². The van der Waals surface area contributed by atoms with Crippen LogP contribution in [0.3, 0.4) is 0 Å². The minimum absolute atomic E-state index is 0.309. The van der Waals surface area contributed by atoms with E-state index in [4.69, 9.17) is 14.2 Å². The molecule has 0 spiro atoms. The molecule has 3 aromatic carbocycles. The Bertz CT molecular complexity index is 886. The highest BCUT2D eigenvalue weighted by Crippen LogP contribution is 2.33. The van der Waals surface area contributed by atoms with Crippen LogP contribution in [0.5, 0.6) is 11.5 Å². The van der Waals surface area contributed by atoms with Crippen LogP contribution in [0, 0.1) is 0 Å². The van der Waals surface area contributed by atoms with Crippen LogP contribution in [0.2, 0.25) is 0 Å². The molecule has 2 unspecified atom stereocenters. The van der Waals surface area contributed by atoms with Crippen molar-refractivity contribution >= 4 is 10.8 Å². The van der Waals surface area contributed by atoms with Gasteiger partial charge in [0.05, 0.1) is 13.7 Å². The maximum atomic E-state index is 6.13. The predicted molar refractivity (Wildman–Crippen MR) is 115 cm³/mol. The molecule has 0 aromatic heterocycles. The van der Waals surface area contributed by atoms with E-state index in [1.54, 1.807) is 7.11 Å². The largest absolute Gasteiger partial charge is 0.497 e. The van der Waals surface area contributed by atoms with E-state index < -0.39 is 0 Å². The maximum absolute atomic E-state index is 6.13. The Hall–Kier alpha value is -2.52. The van der Waals surface area contributed by atoms with E-state index in [1.165, 1.54) is 16.5 Å². The second kappa shape index (κ2) is 9.61. The SMILES string of the molecule is CCC(C)c1cccc2c(OC(C)OCCc3ccc(OC)cc3)cccc12. The molecule has 3 aromatic rings. The fourth-order valence-electron chi connectivity index (χ4n) is 3.41. The quantitative estimate of drug-likeness (QED) is 0.406. The topological polar surface area (TPSA) is 27.7 Å². The zero-order valence-corrected chi connectivity index (χ0v) is 17.3. The average molecular weight is 379 g/mol. The smallest absolute Gasteiger partial charge is 0.197 e. The van der Waals surface area contributed by atoms with Gasteiger partial charge in [0.15, 0.2) is 6.29 Å². The molecule has 0 saturated carbocycles. The number of ether oxygens (including phenoxy) is 3. The molecular formula is C25H30O3. The summed E-state index contributed by atoms with van der Waals surface area (Å²) in [5, 5.41) is 2.41. The summed E-state index contributed by atoms with van der Waals surface area (Å²) >= 11 is 0. The summed E-state index contributed by atoms with van der Waals surface area (Å²) in [7, 11) is 1.68. The highest BCUT2D eigenvalue weighted by atomic mass is 16.7. The van der Waals surface area contributed by atoms with Crippen molar-refractivity contribution in [3.05, 3.63) is 71.8 Å². The van der Waals surface area contributed by atoms with Crippen molar-refractivity contribution in [3.63, 3.8) is 0 Å². The second-order valence-electron chi connectivity index (χ2n) is 7.16. The zero-order valence-electron chi connectivity index (χ0n) is 17.3. The second-order valence-corrected chi connectivity index (χ2v) is 7.16. The van der Waals surface area contributed by atoms with Gasteiger partial charge in [-0.3, -0.25) is 0 Å².